The molecule has 3 amide bonds. The molecule has 1 saturated heterocycles. The molecule has 1 atom stereocenters. The van der Waals surface area contributed by atoms with Crippen molar-refractivity contribution < 1.29 is 14.4 Å². The predicted octanol–water partition coefficient (Wildman–Crippen LogP) is 2.06. The van der Waals surface area contributed by atoms with Gasteiger partial charge in [0.25, 0.3) is 0 Å². The zero-order valence-electron chi connectivity index (χ0n) is 18.0. The molecule has 0 saturated carbocycles. The van der Waals surface area contributed by atoms with Gasteiger partial charge < -0.3 is 9.80 Å². The molecule has 0 aromatic heterocycles. The van der Waals surface area contributed by atoms with Crippen molar-refractivity contribution in [2.45, 2.75) is 39.0 Å². The second kappa shape index (κ2) is 8.86. The zero-order chi connectivity index (χ0) is 21.1. The van der Waals surface area contributed by atoms with Crippen molar-refractivity contribution in [3.05, 3.63) is 35.4 Å². The molecular weight excluding hydrogens is 354 g/mol. The fourth-order valence-electron chi connectivity index (χ4n) is 3.92. The number of hydrogen-bond acceptors (Lipinski definition) is 4. The van der Waals surface area contributed by atoms with Crippen LogP contribution in [0.15, 0.2) is 24.3 Å². The van der Waals surface area contributed by atoms with E-state index in [-0.39, 0.29) is 30.6 Å². The number of imide groups is 1. The summed E-state index contributed by atoms with van der Waals surface area (Å²) >= 11 is 0. The average molecular weight is 388 g/mol. The smallest absolute Gasteiger partial charge is 0.240 e. The van der Waals surface area contributed by atoms with Crippen LogP contribution >= 0.6 is 0 Å². The lowest BCUT2D eigenvalue weighted by Gasteiger charge is -2.31. The van der Waals surface area contributed by atoms with Gasteiger partial charge in [-0.3, -0.25) is 19.3 Å². The molecule has 154 valence electrons. The summed E-state index contributed by atoms with van der Waals surface area (Å²) in [6.07, 6.45) is 0.0650. The third-order valence-corrected chi connectivity index (χ3v) is 5.36. The fourth-order valence-corrected chi connectivity index (χ4v) is 3.92. The van der Waals surface area contributed by atoms with Crippen LogP contribution in [0.2, 0.25) is 0 Å². The average Bonchev–Trinajstić information content (AvgIpc) is 2.83. The minimum absolute atomic E-state index is 0.0180. The number of hydrogen-bond donors (Lipinski definition) is 0. The first kappa shape index (κ1) is 22.1. The van der Waals surface area contributed by atoms with E-state index in [1.165, 1.54) is 4.90 Å². The Hall–Kier alpha value is -2.21. The lowest BCUT2D eigenvalue weighted by molar-refractivity contribution is -0.142. The number of benzene rings is 1. The zero-order valence-corrected chi connectivity index (χ0v) is 18.0. The van der Waals surface area contributed by atoms with Gasteiger partial charge in [-0.15, -0.1) is 0 Å². The van der Waals surface area contributed by atoms with E-state index < -0.39 is 5.41 Å². The van der Waals surface area contributed by atoms with Gasteiger partial charge >= 0.3 is 0 Å². The molecule has 1 aliphatic rings. The predicted molar refractivity (Wildman–Crippen MR) is 110 cm³/mol. The molecule has 1 aromatic carbocycles. The summed E-state index contributed by atoms with van der Waals surface area (Å²) in [6, 6.07) is 7.59. The number of carbonyl (C=O) groups excluding carboxylic acids is 3. The quantitative estimate of drug-likeness (QED) is 0.641. The van der Waals surface area contributed by atoms with Crippen LogP contribution in [0.1, 0.15) is 37.8 Å². The second-order valence-electron chi connectivity index (χ2n) is 8.57. The van der Waals surface area contributed by atoms with E-state index in [9.17, 15) is 14.4 Å². The van der Waals surface area contributed by atoms with Crippen LogP contribution in [-0.2, 0) is 19.8 Å². The molecular formula is C22H33N3O3. The van der Waals surface area contributed by atoms with Gasteiger partial charge in [-0.2, -0.15) is 0 Å². The summed E-state index contributed by atoms with van der Waals surface area (Å²) in [6.45, 7) is 7.59. The molecule has 1 aromatic rings. The maximum Gasteiger partial charge on any atom is 0.240 e. The Balaban J connectivity index is 2.41. The van der Waals surface area contributed by atoms with E-state index in [0.717, 1.165) is 11.1 Å². The number of carbonyl (C=O) groups is 3. The Kier molecular flexibility index (Phi) is 6.99. The van der Waals surface area contributed by atoms with Crippen LogP contribution < -0.4 is 0 Å². The molecule has 28 heavy (non-hydrogen) atoms. The SMILES string of the molecule is Cc1ccccc1C1(CC(=O)N(C)CC(C)C)CC(=O)N(CCN(C)C)C1=O. The van der Waals surface area contributed by atoms with Crippen molar-refractivity contribution in [1.82, 2.24) is 14.7 Å². The summed E-state index contributed by atoms with van der Waals surface area (Å²) in [7, 11) is 5.58. The van der Waals surface area contributed by atoms with Gasteiger partial charge in [-0.05, 0) is 38.1 Å². The van der Waals surface area contributed by atoms with Gasteiger partial charge in [0.05, 0.1) is 5.41 Å². The minimum Gasteiger partial charge on any atom is -0.345 e. The van der Waals surface area contributed by atoms with Crippen molar-refractivity contribution in [2.75, 3.05) is 40.8 Å². The second-order valence-corrected chi connectivity index (χ2v) is 8.57. The molecule has 1 unspecified atom stereocenters. The van der Waals surface area contributed by atoms with Crippen molar-refractivity contribution >= 4 is 17.7 Å². The topological polar surface area (TPSA) is 60.9 Å². The first-order valence-electron chi connectivity index (χ1n) is 9.88. The van der Waals surface area contributed by atoms with Crippen LogP contribution in [0, 0.1) is 12.8 Å². The number of rotatable bonds is 8. The number of likely N-dealkylation sites (N-methyl/N-ethyl adjacent to an activating group) is 1. The Bertz CT molecular complexity index is 744. The van der Waals surface area contributed by atoms with E-state index >= 15 is 0 Å². The first-order chi connectivity index (χ1) is 13.1. The largest absolute Gasteiger partial charge is 0.345 e. The van der Waals surface area contributed by atoms with E-state index in [1.54, 1.807) is 11.9 Å². The number of nitrogens with zero attached hydrogens (tertiary/aromatic N) is 3. The normalized spacial score (nSPS) is 19.8. The lowest BCUT2D eigenvalue weighted by Crippen LogP contribution is -2.44. The third kappa shape index (κ3) is 4.61. The van der Waals surface area contributed by atoms with Gasteiger partial charge in [-0.25, -0.2) is 0 Å². The first-order valence-corrected chi connectivity index (χ1v) is 9.88. The van der Waals surface area contributed by atoms with E-state index in [2.05, 4.69) is 0 Å². The van der Waals surface area contributed by atoms with Gasteiger partial charge in [0.2, 0.25) is 17.7 Å². The van der Waals surface area contributed by atoms with Gasteiger partial charge in [0.15, 0.2) is 0 Å². The van der Waals surface area contributed by atoms with Gasteiger partial charge in [-0.1, -0.05) is 38.1 Å². The Morgan fingerprint density at radius 3 is 2.39 bits per heavy atom. The number of amides is 3. The van der Waals surface area contributed by atoms with Crippen LogP contribution in [0.5, 0.6) is 0 Å². The number of likely N-dealkylation sites (tertiary alicyclic amines) is 1. The molecule has 2 rings (SSSR count). The molecule has 0 aliphatic carbocycles. The highest BCUT2D eigenvalue weighted by molar-refractivity contribution is 6.11. The molecule has 1 heterocycles. The third-order valence-electron chi connectivity index (χ3n) is 5.36. The van der Waals surface area contributed by atoms with Crippen LogP contribution in [0.3, 0.4) is 0 Å². The highest BCUT2D eigenvalue weighted by Crippen LogP contribution is 2.41. The van der Waals surface area contributed by atoms with Gasteiger partial charge in [0.1, 0.15) is 0 Å². The summed E-state index contributed by atoms with van der Waals surface area (Å²) in [5.41, 5.74) is 0.598. The number of aryl methyl sites for hydroxylation is 1. The van der Waals surface area contributed by atoms with Crippen LogP contribution in [0.25, 0.3) is 0 Å². The maximum atomic E-state index is 13.5. The van der Waals surface area contributed by atoms with Crippen LogP contribution in [0.4, 0.5) is 0 Å². The monoisotopic (exact) mass is 387 g/mol. The van der Waals surface area contributed by atoms with Crippen molar-refractivity contribution in [2.24, 2.45) is 5.92 Å². The van der Waals surface area contributed by atoms with Crippen LogP contribution in [-0.4, -0.2) is 73.2 Å². The summed E-state index contributed by atoms with van der Waals surface area (Å²) in [4.78, 5) is 44.2. The van der Waals surface area contributed by atoms with Crippen molar-refractivity contribution in [1.29, 1.82) is 0 Å². The Labute approximate surface area is 168 Å². The fraction of sp³-hybridized carbons (Fsp3) is 0.591. The molecule has 1 fully saturated rings. The van der Waals surface area contributed by atoms with Crippen molar-refractivity contribution in [3.63, 3.8) is 0 Å². The molecule has 0 bridgehead atoms. The van der Waals surface area contributed by atoms with E-state index in [0.29, 0.717) is 25.6 Å². The molecule has 6 heteroatoms. The molecule has 1 aliphatic heterocycles. The Morgan fingerprint density at radius 1 is 1.18 bits per heavy atom. The minimum atomic E-state index is -1.11. The maximum absolute atomic E-state index is 13.5. The molecule has 0 N–H and O–H groups in total. The highest BCUT2D eigenvalue weighted by Gasteiger charge is 2.54. The van der Waals surface area contributed by atoms with E-state index in [1.807, 2.05) is 64.0 Å². The lowest BCUT2D eigenvalue weighted by atomic mass is 9.74. The molecule has 0 radical (unpaired) electrons. The summed E-state index contributed by atoms with van der Waals surface area (Å²) < 4.78 is 0. The van der Waals surface area contributed by atoms with Gasteiger partial charge in [0, 0.05) is 39.5 Å². The summed E-state index contributed by atoms with van der Waals surface area (Å²) in [5, 5.41) is 0. The summed E-state index contributed by atoms with van der Waals surface area (Å²) in [5.74, 6) is -0.220. The standard InChI is InChI=1S/C22H33N3O3/c1-16(2)15-24(6)19(26)13-22(18-10-8-7-9-17(18)3)14-20(27)25(21(22)28)12-11-23(4)5/h7-10,16H,11-15H2,1-6H3. The van der Waals surface area contributed by atoms with Crippen molar-refractivity contribution in [3.8, 4) is 0 Å². The van der Waals surface area contributed by atoms with E-state index in [4.69, 9.17) is 0 Å². The molecule has 0 spiro atoms. The Morgan fingerprint density at radius 2 is 1.82 bits per heavy atom. The highest BCUT2D eigenvalue weighted by atomic mass is 16.2. The molecule has 6 nitrogen and oxygen atoms in total.